The van der Waals surface area contributed by atoms with Crippen LogP contribution in [-0.4, -0.2) is 34.7 Å². The van der Waals surface area contributed by atoms with Crippen molar-refractivity contribution in [3.05, 3.63) is 29.6 Å². The van der Waals surface area contributed by atoms with Gasteiger partial charge in [0.15, 0.2) is 0 Å². The molecule has 0 atom stereocenters. The molecule has 0 spiro atoms. The molecule has 0 heterocycles. The molecule has 3 N–H and O–H groups in total. The molecule has 1 saturated carbocycles. The zero-order valence-corrected chi connectivity index (χ0v) is 11.7. The molecule has 1 aliphatic carbocycles. The number of thioether (sulfide) groups is 1. The molecule has 1 aliphatic rings. The van der Waals surface area contributed by atoms with Gasteiger partial charge in [0, 0.05) is 11.3 Å². The molecule has 2 amide bonds. The molecular formula is C13H15FN2O3S. The summed E-state index contributed by atoms with van der Waals surface area (Å²) < 4.78 is 13.6. The van der Waals surface area contributed by atoms with E-state index in [4.69, 9.17) is 5.11 Å². The van der Waals surface area contributed by atoms with Crippen molar-refractivity contribution in [2.75, 3.05) is 18.1 Å². The summed E-state index contributed by atoms with van der Waals surface area (Å²) in [5, 5.41) is 13.8. The van der Waals surface area contributed by atoms with Crippen LogP contribution in [0.15, 0.2) is 18.2 Å². The molecule has 0 aromatic heterocycles. The van der Waals surface area contributed by atoms with Crippen molar-refractivity contribution in [1.82, 2.24) is 5.32 Å². The molecule has 2 rings (SSSR count). The second-order valence-electron chi connectivity index (χ2n) is 4.69. The van der Waals surface area contributed by atoms with E-state index in [0.29, 0.717) is 6.54 Å². The average molecular weight is 298 g/mol. The monoisotopic (exact) mass is 298 g/mol. The Morgan fingerprint density at radius 1 is 1.45 bits per heavy atom. The minimum Gasteiger partial charge on any atom is -0.478 e. The van der Waals surface area contributed by atoms with E-state index in [1.165, 1.54) is 0 Å². The minimum absolute atomic E-state index is 0.0792. The lowest BCUT2D eigenvalue weighted by Crippen LogP contribution is -2.35. The topological polar surface area (TPSA) is 78.4 Å². The van der Waals surface area contributed by atoms with Gasteiger partial charge in [0.25, 0.3) is 0 Å². The lowest BCUT2D eigenvalue weighted by molar-refractivity contribution is 0.0697. The van der Waals surface area contributed by atoms with Gasteiger partial charge in [-0.15, -0.1) is 0 Å². The first-order chi connectivity index (χ1) is 9.46. The number of urea groups is 1. The molecule has 0 unspecified atom stereocenters. The SMILES string of the molecule is CSC1(CNC(=O)Nc2cc(C(=O)O)ccc2F)CC1. The van der Waals surface area contributed by atoms with Crippen LogP contribution in [0, 0.1) is 5.82 Å². The van der Waals surface area contributed by atoms with Crippen molar-refractivity contribution in [2.24, 2.45) is 0 Å². The molecule has 20 heavy (non-hydrogen) atoms. The number of hydrogen-bond acceptors (Lipinski definition) is 3. The summed E-state index contributed by atoms with van der Waals surface area (Å²) in [5.74, 6) is -1.84. The minimum atomic E-state index is -1.17. The van der Waals surface area contributed by atoms with Gasteiger partial charge in [0.2, 0.25) is 0 Å². The van der Waals surface area contributed by atoms with Crippen molar-refractivity contribution >= 4 is 29.4 Å². The maximum Gasteiger partial charge on any atom is 0.335 e. The van der Waals surface area contributed by atoms with E-state index >= 15 is 0 Å². The Morgan fingerprint density at radius 3 is 2.70 bits per heavy atom. The zero-order valence-electron chi connectivity index (χ0n) is 10.9. The largest absolute Gasteiger partial charge is 0.478 e. The van der Waals surface area contributed by atoms with Crippen LogP contribution < -0.4 is 10.6 Å². The highest BCUT2D eigenvalue weighted by atomic mass is 32.2. The maximum atomic E-state index is 13.5. The third kappa shape index (κ3) is 3.41. The zero-order chi connectivity index (χ0) is 14.8. The molecule has 0 radical (unpaired) electrons. The highest BCUT2D eigenvalue weighted by Crippen LogP contribution is 2.46. The molecule has 1 aromatic rings. The van der Waals surface area contributed by atoms with Crippen molar-refractivity contribution < 1.29 is 19.1 Å². The fourth-order valence-corrected chi connectivity index (χ4v) is 2.48. The number of rotatable bonds is 5. The van der Waals surface area contributed by atoms with Gasteiger partial charge in [0.1, 0.15) is 5.82 Å². The number of carbonyl (C=O) groups is 2. The number of nitrogens with one attached hydrogen (secondary N) is 2. The van der Waals surface area contributed by atoms with Gasteiger partial charge in [-0.2, -0.15) is 11.8 Å². The summed E-state index contributed by atoms with van der Waals surface area (Å²) in [4.78, 5) is 22.5. The Balaban J connectivity index is 1.96. The first-order valence-electron chi connectivity index (χ1n) is 6.09. The molecule has 0 aliphatic heterocycles. The number of carboxylic acids is 1. The number of anilines is 1. The highest BCUT2D eigenvalue weighted by molar-refractivity contribution is 8.00. The normalized spacial score (nSPS) is 15.5. The van der Waals surface area contributed by atoms with Crippen molar-refractivity contribution in [2.45, 2.75) is 17.6 Å². The Morgan fingerprint density at radius 2 is 2.15 bits per heavy atom. The van der Waals surface area contributed by atoms with Gasteiger partial charge in [0.05, 0.1) is 11.3 Å². The van der Waals surface area contributed by atoms with Crippen LogP contribution in [-0.2, 0) is 0 Å². The molecule has 0 saturated heterocycles. The second kappa shape index (κ2) is 5.70. The summed E-state index contributed by atoms with van der Waals surface area (Å²) in [6, 6.07) is 2.72. The van der Waals surface area contributed by atoms with Crippen LogP contribution in [0.1, 0.15) is 23.2 Å². The number of benzene rings is 1. The maximum absolute atomic E-state index is 13.5. The van der Waals surface area contributed by atoms with E-state index in [-0.39, 0.29) is 16.0 Å². The van der Waals surface area contributed by atoms with Crippen LogP contribution in [0.4, 0.5) is 14.9 Å². The highest BCUT2D eigenvalue weighted by Gasteiger charge is 2.41. The summed E-state index contributed by atoms with van der Waals surface area (Å²) >= 11 is 1.70. The van der Waals surface area contributed by atoms with Crippen molar-refractivity contribution in [3.63, 3.8) is 0 Å². The molecule has 1 aromatic carbocycles. The van der Waals surface area contributed by atoms with E-state index < -0.39 is 17.8 Å². The number of carbonyl (C=O) groups excluding carboxylic acids is 1. The number of halogens is 1. The molecule has 0 bridgehead atoms. The molecular weight excluding hydrogens is 283 g/mol. The summed E-state index contributed by atoms with van der Waals surface area (Å²) in [7, 11) is 0. The fraction of sp³-hybridized carbons (Fsp3) is 0.385. The third-order valence-corrected chi connectivity index (χ3v) is 4.69. The van der Waals surface area contributed by atoms with E-state index in [9.17, 15) is 14.0 Å². The summed E-state index contributed by atoms with van der Waals surface area (Å²) in [5.41, 5.74) is -0.221. The fourth-order valence-electron chi connectivity index (χ4n) is 1.75. The lowest BCUT2D eigenvalue weighted by Gasteiger charge is -2.14. The Kier molecular flexibility index (Phi) is 4.17. The third-order valence-electron chi connectivity index (χ3n) is 3.27. The first kappa shape index (κ1) is 14.6. The van der Waals surface area contributed by atoms with Gasteiger partial charge in [-0.05, 0) is 37.3 Å². The predicted molar refractivity (Wildman–Crippen MR) is 75.9 cm³/mol. The molecule has 1 fully saturated rings. The van der Waals surface area contributed by atoms with Crippen LogP contribution in [0.25, 0.3) is 0 Å². The predicted octanol–water partition coefficient (Wildman–Crippen LogP) is 2.54. The van der Waals surface area contributed by atoms with Crippen molar-refractivity contribution in [1.29, 1.82) is 0 Å². The van der Waals surface area contributed by atoms with Gasteiger partial charge in [-0.25, -0.2) is 14.0 Å². The summed E-state index contributed by atoms with van der Waals surface area (Å²) in [6.45, 7) is 0.514. The molecule has 108 valence electrons. The molecule has 7 heteroatoms. The quantitative estimate of drug-likeness (QED) is 0.780. The smallest absolute Gasteiger partial charge is 0.335 e. The Hall–Kier alpha value is -1.76. The van der Waals surface area contributed by atoms with E-state index in [2.05, 4.69) is 10.6 Å². The van der Waals surface area contributed by atoms with Crippen LogP contribution in [0.5, 0.6) is 0 Å². The number of carboxylic acid groups (broad SMARTS) is 1. The van der Waals surface area contributed by atoms with Crippen LogP contribution in [0.3, 0.4) is 0 Å². The summed E-state index contributed by atoms with van der Waals surface area (Å²) in [6.07, 6.45) is 4.09. The standard InChI is InChI=1S/C13H15FN2O3S/c1-20-13(4-5-13)7-15-12(19)16-10-6-8(11(17)18)2-3-9(10)14/h2-3,6H,4-5,7H2,1H3,(H,17,18)(H2,15,16,19). The Labute approximate surface area is 119 Å². The second-order valence-corrected chi connectivity index (χ2v) is 5.97. The number of aromatic carboxylic acids is 1. The average Bonchev–Trinajstić information content (AvgIpc) is 3.19. The Bertz CT molecular complexity index is 546. The van der Waals surface area contributed by atoms with Crippen molar-refractivity contribution in [3.8, 4) is 0 Å². The first-order valence-corrected chi connectivity index (χ1v) is 7.31. The van der Waals surface area contributed by atoms with Gasteiger partial charge in [-0.3, -0.25) is 0 Å². The van der Waals surface area contributed by atoms with E-state index in [1.807, 2.05) is 6.26 Å². The molecule has 5 nitrogen and oxygen atoms in total. The van der Waals surface area contributed by atoms with Gasteiger partial charge < -0.3 is 15.7 Å². The number of hydrogen-bond donors (Lipinski definition) is 3. The van der Waals surface area contributed by atoms with Gasteiger partial charge >= 0.3 is 12.0 Å². The van der Waals surface area contributed by atoms with E-state index in [0.717, 1.165) is 31.0 Å². The number of amides is 2. The van der Waals surface area contributed by atoms with Crippen LogP contribution >= 0.6 is 11.8 Å². The van der Waals surface area contributed by atoms with Gasteiger partial charge in [-0.1, -0.05) is 0 Å². The van der Waals surface area contributed by atoms with Crippen LogP contribution in [0.2, 0.25) is 0 Å². The lowest BCUT2D eigenvalue weighted by atomic mass is 10.2. The van der Waals surface area contributed by atoms with E-state index in [1.54, 1.807) is 11.8 Å².